The Hall–Kier alpha value is -1.37. The molecule has 0 aliphatic carbocycles. The molecule has 0 aliphatic heterocycles. The predicted molar refractivity (Wildman–Crippen MR) is 72.1 cm³/mol. The van der Waals surface area contributed by atoms with E-state index in [0.717, 1.165) is 16.2 Å². The number of nitrogens with zero attached hydrogens (tertiary/aromatic N) is 1. The lowest BCUT2D eigenvalue weighted by molar-refractivity contribution is 0.530. The SMILES string of the molecule is NNC(Cc1cc(F)ccc1Br)c1ccc(F)cn1. The minimum absolute atomic E-state index is 0.318. The molecular formula is C13H12BrF2N3. The fourth-order valence-corrected chi connectivity index (χ4v) is 2.17. The van der Waals surface area contributed by atoms with Gasteiger partial charge in [-0.05, 0) is 42.3 Å². The molecule has 19 heavy (non-hydrogen) atoms. The molecule has 1 aromatic carbocycles. The summed E-state index contributed by atoms with van der Waals surface area (Å²) in [5, 5.41) is 0. The van der Waals surface area contributed by atoms with Crippen LogP contribution in [0.3, 0.4) is 0 Å². The standard InChI is InChI=1S/C13H12BrF2N3/c14-11-3-1-9(15)5-8(11)6-13(19-17)12-4-2-10(16)7-18-12/h1-5,7,13,19H,6,17H2. The molecule has 3 nitrogen and oxygen atoms in total. The number of rotatable bonds is 4. The first-order valence-electron chi connectivity index (χ1n) is 5.61. The molecule has 0 radical (unpaired) electrons. The Balaban J connectivity index is 2.23. The number of hydrazine groups is 1. The maximum absolute atomic E-state index is 13.2. The van der Waals surface area contributed by atoms with E-state index in [2.05, 4.69) is 26.3 Å². The lowest BCUT2D eigenvalue weighted by Crippen LogP contribution is -2.30. The summed E-state index contributed by atoms with van der Waals surface area (Å²) < 4.78 is 26.8. The molecule has 2 aromatic rings. The summed E-state index contributed by atoms with van der Waals surface area (Å²) in [6.07, 6.45) is 1.56. The number of hydrogen-bond donors (Lipinski definition) is 2. The van der Waals surface area contributed by atoms with Crippen LogP contribution in [0.4, 0.5) is 8.78 Å². The molecular weight excluding hydrogens is 316 g/mol. The summed E-state index contributed by atoms with van der Waals surface area (Å²) in [4.78, 5) is 3.97. The van der Waals surface area contributed by atoms with Crippen LogP contribution in [0.5, 0.6) is 0 Å². The molecule has 1 unspecified atom stereocenters. The molecule has 0 amide bonds. The van der Waals surface area contributed by atoms with Gasteiger partial charge in [-0.15, -0.1) is 0 Å². The van der Waals surface area contributed by atoms with Crippen LogP contribution in [-0.2, 0) is 6.42 Å². The summed E-state index contributed by atoms with van der Waals surface area (Å²) in [5.41, 5.74) is 3.96. The topological polar surface area (TPSA) is 50.9 Å². The van der Waals surface area contributed by atoms with Crippen LogP contribution >= 0.6 is 15.9 Å². The van der Waals surface area contributed by atoms with Crippen LogP contribution in [0.15, 0.2) is 41.0 Å². The molecule has 0 aliphatic rings. The van der Waals surface area contributed by atoms with Crippen molar-refractivity contribution < 1.29 is 8.78 Å². The van der Waals surface area contributed by atoms with Gasteiger partial charge in [-0.3, -0.25) is 16.3 Å². The van der Waals surface area contributed by atoms with E-state index < -0.39 is 5.82 Å². The summed E-state index contributed by atoms with van der Waals surface area (Å²) in [5.74, 6) is 4.76. The minimum atomic E-state index is -0.411. The van der Waals surface area contributed by atoms with E-state index in [1.54, 1.807) is 12.1 Å². The number of nitrogens with two attached hydrogens (primary N) is 1. The van der Waals surface area contributed by atoms with Crippen molar-refractivity contribution in [3.05, 3.63) is 63.9 Å². The van der Waals surface area contributed by atoms with Crippen LogP contribution in [0.2, 0.25) is 0 Å². The normalized spacial score (nSPS) is 12.4. The van der Waals surface area contributed by atoms with Gasteiger partial charge in [0.05, 0.1) is 17.9 Å². The summed E-state index contributed by atoms with van der Waals surface area (Å²) in [7, 11) is 0. The molecule has 100 valence electrons. The van der Waals surface area contributed by atoms with E-state index in [0.29, 0.717) is 12.1 Å². The number of pyridine rings is 1. The molecule has 1 heterocycles. The highest BCUT2D eigenvalue weighted by Gasteiger charge is 2.14. The number of halogens is 3. The molecule has 1 atom stereocenters. The molecule has 3 N–H and O–H groups in total. The molecule has 0 saturated heterocycles. The first kappa shape index (κ1) is 14.0. The monoisotopic (exact) mass is 327 g/mol. The highest BCUT2D eigenvalue weighted by molar-refractivity contribution is 9.10. The Morgan fingerprint density at radius 2 is 1.95 bits per heavy atom. The van der Waals surface area contributed by atoms with Crippen LogP contribution < -0.4 is 11.3 Å². The van der Waals surface area contributed by atoms with E-state index >= 15 is 0 Å². The zero-order valence-electron chi connectivity index (χ0n) is 9.91. The number of benzene rings is 1. The third-order valence-electron chi connectivity index (χ3n) is 2.74. The predicted octanol–water partition coefficient (Wildman–Crippen LogP) is 2.87. The molecule has 0 fully saturated rings. The lowest BCUT2D eigenvalue weighted by Gasteiger charge is -2.16. The molecule has 2 rings (SSSR count). The van der Waals surface area contributed by atoms with Gasteiger partial charge in [0.1, 0.15) is 11.6 Å². The third kappa shape index (κ3) is 3.56. The number of aromatic nitrogens is 1. The number of hydrogen-bond acceptors (Lipinski definition) is 3. The minimum Gasteiger partial charge on any atom is -0.271 e. The van der Waals surface area contributed by atoms with Crippen LogP contribution in [-0.4, -0.2) is 4.98 Å². The van der Waals surface area contributed by atoms with E-state index in [1.165, 1.54) is 18.2 Å². The summed E-state index contributed by atoms with van der Waals surface area (Å²) in [6.45, 7) is 0. The van der Waals surface area contributed by atoms with Gasteiger partial charge in [0.15, 0.2) is 0 Å². The second-order valence-electron chi connectivity index (χ2n) is 4.06. The molecule has 0 spiro atoms. The van der Waals surface area contributed by atoms with Gasteiger partial charge in [-0.1, -0.05) is 15.9 Å². The maximum atomic E-state index is 13.2. The third-order valence-corrected chi connectivity index (χ3v) is 3.51. The van der Waals surface area contributed by atoms with E-state index in [9.17, 15) is 8.78 Å². The second-order valence-corrected chi connectivity index (χ2v) is 4.91. The van der Waals surface area contributed by atoms with Crippen molar-refractivity contribution in [3.8, 4) is 0 Å². The van der Waals surface area contributed by atoms with Gasteiger partial charge in [0, 0.05) is 4.47 Å². The van der Waals surface area contributed by atoms with Crippen molar-refractivity contribution in [2.45, 2.75) is 12.5 Å². The smallest absolute Gasteiger partial charge is 0.141 e. The lowest BCUT2D eigenvalue weighted by atomic mass is 10.0. The first-order chi connectivity index (χ1) is 9.10. The van der Waals surface area contributed by atoms with Crippen LogP contribution in [0.1, 0.15) is 17.3 Å². The average molecular weight is 328 g/mol. The van der Waals surface area contributed by atoms with Crippen LogP contribution in [0.25, 0.3) is 0 Å². The van der Waals surface area contributed by atoms with Crippen molar-refractivity contribution in [1.82, 2.24) is 10.4 Å². The molecule has 0 saturated carbocycles. The average Bonchev–Trinajstić information content (AvgIpc) is 2.41. The highest BCUT2D eigenvalue weighted by atomic mass is 79.9. The Labute approximate surface area is 117 Å². The highest BCUT2D eigenvalue weighted by Crippen LogP contribution is 2.23. The van der Waals surface area contributed by atoms with Crippen molar-refractivity contribution in [1.29, 1.82) is 0 Å². The largest absolute Gasteiger partial charge is 0.271 e. The Bertz CT molecular complexity index is 560. The van der Waals surface area contributed by atoms with Gasteiger partial charge < -0.3 is 0 Å². The van der Waals surface area contributed by atoms with E-state index in [4.69, 9.17) is 5.84 Å². The molecule has 6 heteroatoms. The van der Waals surface area contributed by atoms with Crippen molar-refractivity contribution in [3.63, 3.8) is 0 Å². The van der Waals surface area contributed by atoms with Gasteiger partial charge >= 0.3 is 0 Å². The first-order valence-corrected chi connectivity index (χ1v) is 6.41. The van der Waals surface area contributed by atoms with Crippen molar-refractivity contribution in [2.75, 3.05) is 0 Å². The zero-order chi connectivity index (χ0) is 13.8. The van der Waals surface area contributed by atoms with Gasteiger partial charge in [-0.2, -0.15) is 0 Å². The fraction of sp³-hybridized carbons (Fsp3) is 0.154. The summed E-state index contributed by atoms with van der Waals surface area (Å²) in [6, 6.07) is 6.97. The number of nitrogens with one attached hydrogen (secondary N) is 1. The molecule has 0 bridgehead atoms. The molecule has 1 aromatic heterocycles. The summed E-state index contributed by atoms with van der Waals surface area (Å²) >= 11 is 3.36. The quantitative estimate of drug-likeness (QED) is 0.670. The second kappa shape index (κ2) is 6.18. The van der Waals surface area contributed by atoms with E-state index in [-0.39, 0.29) is 11.9 Å². The fourth-order valence-electron chi connectivity index (χ4n) is 1.76. The Morgan fingerprint density at radius 3 is 2.58 bits per heavy atom. The van der Waals surface area contributed by atoms with Crippen molar-refractivity contribution in [2.24, 2.45) is 5.84 Å². The van der Waals surface area contributed by atoms with E-state index in [1.807, 2.05) is 0 Å². The Morgan fingerprint density at radius 1 is 1.21 bits per heavy atom. The zero-order valence-corrected chi connectivity index (χ0v) is 11.5. The van der Waals surface area contributed by atoms with Crippen LogP contribution in [0, 0.1) is 11.6 Å². The van der Waals surface area contributed by atoms with Gasteiger partial charge in [-0.25, -0.2) is 8.78 Å². The van der Waals surface area contributed by atoms with Gasteiger partial charge in [0.2, 0.25) is 0 Å². The van der Waals surface area contributed by atoms with Crippen molar-refractivity contribution >= 4 is 15.9 Å². The Kier molecular flexibility index (Phi) is 4.57. The van der Waals surface area contributed by atoms with Gasteiger partial charge in [0.25, 0.3) is 0 Å². The maximum Gasteiger partial charge on any atom is 0.141 e.